The van der Waals surface area contributed by atoms with Crippen LogP contribution in [-0.2, 0) is 0 Å². The van der Waals surface area contributed by atoms with Crippen LogP contribution in [0.2, 0.25) is 0 Å². The van der Waals surface area contributed by atoms with Crippen LogP contribution >= 0.6 is 0 Å². The van der Waals surface area contributed by atoms with E-state index >= 15 is 0 Å². The zero-order chi connectivity index (χ0) is 14.3. The number of rotatable bonds is 7. The van der Waals surface area contributed by atoms with Gasteiger partial charge < -0.3 is 5.32 Å². The Labute approximate surface area is 113 Å². The fraction of sp³-hybridized carbons (Fsp3) is 0.533. The zero-order valence-corrected chi connectivity index (χ0v) is 11.5. The molecule has 4 heteroatoms. The second-order valence-corrected chi connectivity index (χ2v) is 4.75. The van der Waals surface area contributed by atoms with Gasteiger partial charge in [0, 0.05) is 12.6 Å². The molecule has 0 aliphatic rings. The lowest BCUT2D eigenvalue weighted by Gasteiger charge is -2.15. The van der Waals surface area contributed by atoms with E-state index in [2.05, 4.69) is 19.2 Å². The number of hydrogen-bond acceptors (Lipinski definition) is 1. The molecule has 0 bridgehead atoms. The van der Waals surface area contributed by atoms with Gasteiger partial charge in [0.2, 0.25) is 0 Å². The lowest BCUT2D eigenvalue weighted by Crippen LogP contribution is -2.29. The molecule has 0 spiro atoms. The average molecular weight is 269 g/mol. The number of halogens is 2. The molecule has 0 heterocycles. The Morgan fingerprint density at radius 1 is 1.32 bits per heavy atom. The molecule has 1 N–H and O–H groups in total. The van der Waals surface area contributed by atoms with Gasteiger partial charge in [0.05, 0.1) is 5.56 Å². The van der Waals surface area contributed by atoms with Crippen molar-refractivity contribution in [3.63, 3.8) is 0 Å². The van der Waals surface area contributed by atoms with Crippen molar-refractivity contribution in [2.45, 2.75) is 39.5 Å². The van der Waals surface area contributed by atoms with Crippen molar-refractivity contribution < 1.29 is 13.6 Å². The Morgan fingerprint density at radius 3 is 2.63 bits per heavy atom. The van der Waals surface area contributed by atoms with E-state index in [0.29, 0.717) is 12.5 Å². The van der Waals surface area contributed by atoms with Gasteiger partial charge in [-0.1, -0.05) is 33.1 Å². The van der Waals surface area contributed by atoms with Crippen molar-refractivity contribution in [3.05, 3.63) is 35.4 Å². The summed E-state index contributed by atoms with van der Waals surface area (Å²) in [6.45, 7) is 4.73. The number of hydrogen-bond donors (Lipinski definition) is 1. The van der Waals surface area contributed by atoms with E-state index in [0.717, 1.165) is 37.8 Å². The molecule has 1 amide bonds. The maximum absolute atomic E-state index is 13.4. The highest BCUT2D eigenvalue weighted by Gasteiger charge is 2.14. The zero-order valence-electron chi connectivity index (χ0n) is 11.5. The van der Waals surface area contributed by atoms with E-state index in [-0.39, 0.29) is 5.56 Å². The largest absolute Gasteiger partial charge is 0.352 e. The molecule has 0 aliphatic carbocycles. The predicted molar refractivity (Wildman–Crippen MR) is 72.0 cm³/mol. The molecule has 0 aliphatic heterocycles. The molecular weight excluding hydrogens is 248 g/mol. The number of nitrogens with one attached hydrogen (secondary N) is 1. The second kappa shape index (κ2) is 7.87. The Balaban J connectivity index is 2.54. The number of benzene rings is 1. The number of carbonyl (C=O) groups is 1. The summed E-state index contributed by atoms with van der Waals surface area (Å²) in [5, 5.41) is 2.72. The SMILES string of the molecule is CCCCC(CC)CNC(=O)c1ccc(F)cc1F. The van der Waals surface area contributed by atoms with Gasteiger partial charge in [-0.15, -0.1) is 0 Å². The van der Waals surface area contributed by atoms with Crippen molar-refractivity contribution in [2.75, 3.05) is 6.54 Å². The normalized spacial score (nSPS) is 12.2. The second-order valence-electron chi connectivity index (χ2n) is 4.75. The van der Waals surface area contributed by atoms with Crippen LogP contribution in [0.15, 0.2) is 18.2 Å². The van der Waals surface area contributed by atoms with E-state index < -0.39 is 17.5 Å². The number of unbranched alkanes of at least 4 members (excludes halogenated alkanes) is 1. The topological polar surface area (TPSA) is 29.1 Å². The summed E-state index contributed by atoms with van der Waals surface area (Å²) in [5.74, 6) is -1.57. The minimum Gasteiger partial charge on any atom is -0.352 e. The molecule has 0 fully saturated rings. The van der Waals surface area contributed by atoms with E-state index in [9.17, 15) is 13.6 Å². The lowest BCUT2D eigenvalue weighted by molar-refractivity contribution is 0.0941. The van der Waals surface area contributed by atoms with Crippen molar-refractivity contribution >= 4 is 5.91 Å². The van der Waals surface area contributed by atoms with Crippen LogP contribution in [0.4, 0.5) is 8.78 Å². The first-order valence-electron chi connectivity index (χ1n) is 6.81. The first-order valence-corrected chi connectivity index (χ1v) is 6.81. The van der Waals surface area contributed by atoms with Gasteiger partial charge >= 0.3 is 0 Å². The van der Waals surface area contributed by atoms with Crippen LogP contribution in [0.5, 0.6) is 0 Å². The van der Waals surface area contributed by atoms with Crippen LogP contribution in [0.1, 0.15) is 49.9 Å². The van der Waals surface area contributed by atoms with Crippen molar-refractivity contribution in [2.24, 2.45) is 5.92 Å². The predicted octanol–water partition coefficient (Wildman–Crippen LogP) is 3.91. The van der Waals surface area contributed by atoms with Crippen LogP contribution in [0.25, 0.3) is 0 Å². The van der Waals surface area contributed by atoms with Gasteiger partial charge in [0.25, 0.3) is 5.91 Å². The monoisotopic (exact) mass is 269 g/mol. The quantitative estimate of drug-likeness (QED) is 0.799. The van der Waals surface area contributed by atoms with Crippen molar-refractivity contribution in [3.8, 4) is 0 Å². The van der Waals surface area contributed by atoms with Gasteiger partial charge in [-0.25, -0.2) is 8.78 Å². The standard InChI is InChI=1S/C15H21F2NO/c1-3-5-6-11(4-2)10-18-15(19)13-8-7-12(16)9-14(13)17/h7-9,11H,3-6,10H2,1-2H3,(H,18,19). The summed E-state index contributed by atoms with van der Waals surface area (Å²) in [5.41, 5.74) is -0.105. The molecule has 1 aromatic rings. The van der Waals surface area contributed by atoms with E-state index in [4.69, 9.17) is 0 Å². The third kappa shape index (κ3) is 4.97. The number of carbonyl (C=O) groups excluding carboxylic acids is 1. The Hall–Kier alpha value is -1.45. The summed E-state index contributed by atoms with van der Waals surface area (Å²) in [6, 6.07) is 2.99. The van der Waals surface area contributed by atoms with Crippen molar-refractivity contribution in [1.29, 1.82) is 0 Å². The van der Waals surface area contributed by atoms with Gasteiger partial charge in [-0.3, -0.25) is 4.79 Å². The van der Waals surface area contributed by atoms with Crippen LogP contribution in [0.3, 0.4) is 0 Å². The molecule has 0 saturated carbocycles. The van der Waals surface area contributed by atoms with Crippen LogP contribution < -0.4 is 5.32 Å². The van der Waals surface area contributed by atoms with Crippen LogP contribution in [-0.4, -0.2) is 12.5 Å². The highest BCUT2D eigenvalue weighted by Crippen LogP contribution is 2.13. The fourth-order valence-electron chi connectivity index (χ4n) is 1.95. The molecular formula is C15H21F2NO. The Kier molecular flexibility index (Phi) is 6.46. The average Bonchev–Trinajstić information content (AvgIpc) is 2.38. The third-order valence-electron chi connectivity index (χ3n) is 3.27. The lowest BCUT2D eigenvalue weighted by atomic mass is 9.99. The molecule has 106 valence electrons. The maximum Gasteiger partial charge on any atom is 0.254 e. The molecule has 1 unspecified atom stereocenters. The molecule has 1 atom stereocenters. The Morgan fingerprint density at radius 2 is 2.05 bits per heavy atom. The first-order chi connectivity index (χ1) is 9.08. The van der Waals surface area contributed by atoms with E-state index in [1.165, 1.54) is 6.07 Å². The minimum atomic E-state index is -0.820. The Bertz CT molecular complexity index is 421. The highest BCUT2D eigenvalue weighted by molar-refractivity contribution is 5.94. The van der Waals surface area contributed by atoms with Crippen molar-refractivity contribution in [1.82, 2.24) is 5.32 Å². The first kappa shape index (κ1) is 15.6. The molecule has 0 radical (unpaired) electrons. The van der Waals surface area contributed by atoms with E-state index in [1.807, 2.05) is 0 Å². The summed E-state index contributed by atoms with van der Waals surface area (Å²) in [7, 11) is 0. The highest BCUT2D eigenvalue weighted by atomic mass is 19.1. The molecule has 0 aromatic heterocycles. The smallest absolute Gasteiger partial charge is 0.254 e. The van der Waals surface area contributed by atoms with Gasteiger partial charge in [-0.05, 0) is 24.5 Å². The molecule has 1 aromatic carbocycles. The molecule has 19 heavy (non-hydrogen) atoms. The summed E-state index contributed by atoms with van der Waals surface area (Å²) in [4.78, 5) is 11.8. The summed E-state index contributed by atoms with van der Waals surface area (Å²) in [6.07, 6.45) is 4.28. The third-order valence-corrected chi connectivity index (χ3v) is 3.27. The number of amides is 1. The van der Waals surface area contributed by atoms with Gasteiger partial charge in [0.1, 0.15) is 11.6 Å². The minimum absolute atomic E-state index is 0.105. The van der Waals surface area contributed by atoms with Crippen LogP contribution in [0, 0.1) is 17.6 Å². The summed E-state index contributed by atoms with van der Waals surface area (Å²) < 4.78 is 26.2. The molecule has 1 rings (SSSR count). The molecule has 0 saturated heterocycles. The summed E-state index contributed by atoms with van der Waals surface area (Å²) >= 11 is 0. The van der Waals surface area contributed by atoms with Gasteiger partial charge in [0.15, 0.2) is 0 Å². The fourth-order valence-corrected chi connectivity index (χ4v) is 1.95. The van der Waals surface area contributed by atoms with E-state index in [1.54, 1.807) is 0 Å². The maximum atomic E-state index is 13.4. The molecule has 2 nitrogen and oxygen atoms in total. The van der Waals surface area contributed by atoms with Gasteiger partial charge in [-0.2, -0.15) is 0 Å².